The number of rotatable bonds is 1. The van der Waals surface area contributed by atoms with Crippen molar-refractivity contribution in [3.05, 3.63) is 34.4 Å². The number of aryl methyl sites for hydroxylation is 1. The van der Waals surface area contributed by atoms with Gasteiger partial charge in [0.2, 0.25) is 10.7 Å². The smallest absolute Gasteiger partial charge is 0.224 e. The lowest BCUT2D eigenvalue weighted by atomic mass is 10.1. The lowest BCUT2D eigenvalue weighted by Gasteiger charge is -2.05. The summed E-state index contributed by atoms with van der Waals surface area (Å²) in [5.41, 5.74) is 7.03. The largest absolute Gasteiger partial charge is 0.369 e. The third-order valence-electron chi connectivity index (χ3n) is 2.11. The molecule has 2 rings (SSSR count). The van der Waals surface area contributed by atoms with Crippen molar-refractivity contribution in [3.8, 4) is 11.4 Å². The van der Waals surface area contributed by atoms with Crippen molar-refractivity contribution in [2.24, 2.45) is 0 Å². The van der Waals surface area contributed by atoms with E-state index in [0.717, 1.165) is 11.1 Å². The van der Waals surface area contributed by atoms with Crippen LogP contribution in [0.2, 0.25) is 0 Å². The minimum absolute atomic E-state index is 0.162. The Kier molecular flexibility index (Phi) is 2.66. The molecular weight excluding hydrogens is 227 g/mol. The van der Waals surface area contributed by atoms with Crippen molar-refractivity contribution in [2.75, 3.05) is 5.73 Å². The maximum absolute atomic E-state index is 12.9. The first-order chi connectivity index (χ1) is 7.56. The van der Waals surface area contributed by atoms with Gasteiger partial charge in [0, 0.05) is 5.56 Å². The van der Waals surface area contributed by atoms with Crippen LogP contribution in [0.1, 0.15) is 5.56 Å². The van der Waals surface area contributed by atoms with Gasteiger partial charge in [-0.2, -0.15) is 4.98 Å². The second-order valence-electron chi connectivity index (χ2n) is 3.32. The number of H-pyrrole nitrogens is 1. The standard InChI is InChI=1S/C10H9FN4S/c1-5-4-6(11)2-3-7(5)8-13-9(12)15-10(16)14-8/h2-4H,1H3,(H3,12,13,14,15,16). The van der Waals surface area contributed by atoms with E-state index in [1.165, 1.54) is 12.1 Å². The molecule has 0 amide bonds. The van der Waals surface area contributed by atoms with Crippen LogP contribution in [0.3, 0.4) is 0 Å². The van der Waals surface area contributed by atoms with E-state index in [1.54, 1.807) is 13.0 Å². The van der Waals surface area contributed by atoms with E-state index in [2.05, 4.69) is 15.0 Å². The van der Waals surface area contributed by atoms with Crippen LogP contribution >= 0.6 is 12.2 Å². The van der Waals surface area contributed by atoms with Crippen molar-refractivity contribution < 1.29 is 4.39 Å². The number of hydrogen-bond donors (Lipinski definition) is 2. The van der Waals surface area contributed by atoms with Gasteiger partial charge in [-0.05, 0) is 42.9 Å². The summed E-state index contributed by atoms with van der Waals surface area (Å²) < 4.78 is 13.1. The predicted octanol–water partition coefficient (Wildman–Crippen LogP) is 2.23. The molecule has 1 aromatic heterocycles. The number of benzene rings is 1. The molecule has 82 valence electrons. The number of aromatic amines is 1. The molecule has 0 aliphatic carbocycles. The van der Waals surface area contributed by atoms with Gasteiger partial charge in [0.25, 0.3) is 0 Å². The van der Waals surface area contributed by atoms with Crippen LogP contribution < -0.4 is 5.73 Å². The van der Waals surface area contributed by atoms with Gasteiger partial charge in [-0.3, -0.25) is 0 Å². The minimum Gasteiger partial charge on any atom is -0.369 e. The number of anilines is 1. The summed E-state index contributed by atoms with van der Waals surface area (Å²) in [5, 5.41) is 0. The maximum Gasteiger partial charge on any atom is 0.224 e. The summed E-state index contributed by atoms with van der Waals surface area (Å²) in [6, 6.07) is 4.40. The molecule has 1 aromatic carbocycles. The molecule has 0 atom stereocenters. The van der Waals surface area contributed by atoms with E-state index >= 15 is 0 Å². The molecule has 3 N–H and O–H groups in total. The van der Waals surface area contributed by atoms with Crippen LogP contribution in [-0.4, -0.2) is 15.0 Å². The molecule has 6 heteroatoms. The number of aromatic nitrogens is 3. The zero-order valence-corrected chi connectivity index (χ0v) is 9.31. The molecule has 0 unspecified atom stereocenters. The van der Waals surface area contributed by atoms with Gasteiger partial charge in [-0.1, -0.05) is 0 Å². The monoisotopic (exact) mass is 236 g/mol. The predicted molar refractivity (Wildman–Crippen MR) is 61.8 cm³/mol. The molecule has 0 spiro atoms. The van der Waals surface area contributed by atoms with Gasteiger partial charge >= 0.3 is 0 Å². The lowest BCUT2D eigenvalue weighted by molar-refractivity contribution is 0.627. The highest BCUT2D eigenvalue weighted by atomic mass is 32.1. The van der Waals surface area contributed by atoms with Gasteiger partial charge in [0.15, 0.2) is 0 Å². The van der Waals surface area contributed by atoms with Gasteiger partial charge in [-0.25, -0.2) is 9.37 Å². The number of halogens is 1. The second-order valence-corrected chi connectivity index (χ2v) is 3.69. The minimum atomic E-state index is -0.290. The number of nitrogens with one attached hydrogen (secondary N) is 1. The Morgan fingerprint density at radius 3 is 2.75 bits per heavy atom. The zero-order chi connectivity index (χ0) is 11.7. The fourth-order valence-corrected chi connectivity index (χ4v) is 1.61. The summed E-state index contributed by atoms with van der Waals surface area (Å²) in [4.78, 5) is 10.6. The Morgan fingerprint density at radius 1 is 1.38 bits per heavy atom. The van der Waals surface area contributed by atoms with Crippen LogP contribution in [0.4, 0.5) is 10.3 Å². The third kappa shape index (κ3) is 2.06. The van der Waals surface area contributed by atoms with Crippen molar-refractivity contribution in [2.45, 2.75) is 6.92 Å². The van der Waals surface area contributed by atoms with Crippen LogP contribution in [0.25, 0.3) is 11.4 Å². The van der Waals surface area contributed by atoms with E-state index in [4.69, 9.17) is 18.0 Å². The van der Waals surface area contributed by atoms with E-state index in [9.17, 15) is 4.39 Å². The molecular formula is C10H9FN4S. The van der Waals surface area contributed by atoms with Crippen molar-refractivity contribution in [3.63, 3.8) is 0 Å². The second kappa shape index (κ2) is 3.97. The summed E-state index contributed by atoms with van der Waals surface area (Å²) >= 11 is 4.86. The normalized spacial score (nSPS) is 10.4. The summed E-state index contributed by atoms with van der Waals surface area (Å²) in [5.74, 6) is 0.399. The first kappa shape index (κ1) is 10.7. The topological polar surface area (TPSA) is 67.6 Å². The average Bonchev–Trinajstić information content (AvgIpc) is 2.15. The molecule has 1 heterocycles. The Morgan fingerprint density at radius 2 is 2.12 bits per heavy atom. The Hall–Kier alpha value is -1.82. The molecule has 0 aliphatic rings. The zero-order valence-electron chi connectivity index (χ0n) is 8.49. The van der Waals surface area contributed by atoms with Crippen molar-refractivity contribution in [1.82, 2.24) is 15.0 Å². The van der Waals surface area contributed by atoms with E-state index in [-0.39, 0.29) is 16.5 Å². The molecule has 0 radical (unpaired) electrons. The van der Waals surface area contributed by atoms with Gasteiger partial charge in [-0.15, -0.1) is 0 Å². The first-order valence-corrected chi connectivity index (χ1v) is 4.97. The Balaban J connectivity index is 2.63. The number of nitrogen functional groups attached to an aromatic ring is 1. The van der Waals surface area contributed by atoms with Crippen LogP contribution in [0, 0.1) is 17.5 Å². The molecule has 0 bridgehead atoms. The van der Waals surface area contributed by atoms with Crippen LogP contribution in [-0.2, 0) is 0 Å². The van der Waals surface area contributed by atoms with Gasteiger partial charge in [0.1, 0.15) is 11.6 Å². The molecule has 0 saturated carbocycles. The first-order valence-electron chi connectivity index (χ1n) is 4.56. The summed E-state index contributed by atoms with van der Waals surface area (Å²) in [6.45, 7) is 1.79. The van der Waals surface area contributed by atoms with E-state index < -0.39 is 0 Å². The SMILES string of the molecule is Cc1cc(F)ccc1-c1nc(=S)nc(N)[nH]1. The fourth-order valence-electron chi connectivity index (χ4n) is 1.42. The fraction of sp³-hybridized carbons (Fsp3) is 0.100. The number of nitrogens with zero attached hydrogens (tertiary/aromatic N) is 2. The summed E-state index contributed by atoms with van der Waals surface area (Å²) in [7, 11) is 0. The molecule has 2 aromatic rings. The Bertz CT molecular complexity index is 594. The highest BCUT2D eigenvalue weighted by Crippen LogP contribution is 2.20. The molecule has 0 saturated heterocycles. The molecule has 4 nitrogen and oxygen atoms in total. The highest BCUT2D eigenvalue weighted by Gasteiger charge is 2.06. The van der Waals surface area contributed by atoms with E-state index in [0.29, 0.717) is 5.82 Å². The molecule has 0 fully saturated rings. The highest BCUT2D eigenvalue weighted by molar-refractivity contribution is 7.71. The summed E-state index contributed by atoms with van der Waals surface area (Å²) in [6.07, 6.45) is 0. The van der Waals surface area contributed by atoms with Crippen LogP contribution in [0.15, 0.2) is 18.2 Å². The van der Waals surface area contributed by atoms with Crippen LogP contribution in [0.5, 0.6) is 0 Å². The Labute approximate surface area is 96.4 Å². The molecule has 16 heavy (non-hydrogen) atoms. The number of hydrogen-bond acceptors (Lipinski definition) is 4. The third-order valence-corrected chi connectivity index (χ3v) is 2.30. The maximum atomic E-state index is 12.9. The van der Waals surface area contributed by atoms with E-state index in [1.807, 2.05) is 0 Å². The van der Waals surface area contributed by atoms with Crippen molar-refractivity contribution in [1.29, 1.82) is 0 Å². The van der Waals surface area contributed by atoms with Gasteiger partial charge in [0.05, 0.1) is 0 Å². The average molecular weight is 236 g/mol. The lowest BCUT2D eigenvalue weighted by Crippen LogP contribution is -2.00. The van der Waals surface area contributed by atoms with Gasteiger partial charge < -0.3 is 10.7 Å². The molecule has 0 aliphatic heterocycles. The quantitative estimate of drug-likeness (QED) is 0.745. The number of nitrogens with two attached hydrogens (primary N) is 1. The van der Waals surface area contributed by atoms with Crippen molar-refractivity contribution >= 4 is 18.2 Å².